The Kier molecular flexibility index (Phi) is 4.25. The average molecular weight is 262 g/mol. The predicted molar refractivity (Wildman–Crippen MR) is 75.2 cm³/mol. The van der Waals surface area contributed by atoms with Crippen molar-refractivity contribution in [3.8, 4) is 0 Å². The molecule has 2 aromatic heterocycles. The zero-order valence-corrected chi connectivity index (χ0v) is 11.8. The molecule has 0 atom stereocenters. The second-order valence-electron chi connectivity index (χ2n) is 4.20. The maximum atomic E-state index is 4.44. The molecule has 1 N–H and O–H groups in total. The minimum absolute atomic E-state index is 0.821. The van der Waals surface area contributed by atoms with Crippen molar-refractivity contribution >= 4 is 17.2 Å². The number of thiazole rings is 1. The van der Waals surface area contributed by atoms with E-state index < -0.39 is 0 Å². The Bertz CT molecular complexity index is 521. The summed E-state index contributed by atoms with van der Waals surface area (Å²) in [6.07, 6.45) is 1.87. The molecule has 2 aromatic rings. The summed E-state index contributed by atoms with van der Waals surface area (Å²) in [5.41, 5.74) is 2.18. The lowest BCUT2D eigenvalue weighted by atomic mass is 10.3. The highest BCUT2D eigenvalue weighted by Gasteiger charge is 2.02. The highest BCUT2D eigenvalue weighted by atomic mass is 32.1. The number of nitrogens with zero attached hydrogens (tertiary/aromatic N) is 3. The van der Waals surface area contributed by atoms with Crippen molar-refractivity contribution in [1.82, 2.24) is 15.0 Å². The molecule has 0 bridgehead atoms. The summed E-state index contributed by atoms with van der Waals surface area (Å²) in [6, 6.07) is 2.01. The first-order valence-corrected chi connectivity index (χ1v) is 7.04. The molecule has 0 unspecified atom stereocenters. The molecule has 2 rings (SSSR count). The Morgan fingerprint density at radius 2 is 2.06 bits per heavy atom. The van der Waals surface area contributed by atoms with Crippen LogP contribution in [0.25, 0.3) is 0 Å². The molecule has 18 heavy (non-hydrogen) atoms. The van der Waals surface area contributed by atoms with E-state index in [0.717, 1.165) is 42.4 Å². The number of aromatic nitrogens is 3. The number of hydrogen-bond acceptors (Lipinski definition) is 5. The Morgan fingerprint density at radius 3 is 2.72 bits per heavy atom. The molecule has 0 fully saturated rings. The van der Waals surface area contributed by atoms with Crippen LogP contribution in [0.15, 0.2) is 11.4 Å². The molecule has 0 radical (unpaired) electrons. The molecule has 0 aliphatic carbocycles. The van der Waals surface area contributed by atoms with E-state index in [9.17, 15) is 0 Å². The number of anilines is 1. The smallest absolute Gasteiger partial charge is 0.129 e. The molecule has 0 aliphatic heterocycles. The summed E-state index contributed by atoms with van der Waals surface area (Å²) in [7, 11) is 0. The van der Waals surface area contributed by atoms with Gasteiger partial charge >= 0.3 is 0 Å². The van der Waals surface area contributed by atoms with Crippen molar-refractivity contribution in [3.05, 3.63) is 33.7 Å². The molecule has 0 aromatic carbocycles. The molecule has 2 heterocycles. The van der Waals surface area contributed by atoms with Gasteiger partial charge in [-0.2, -0.15) is 0 Å². The third-order valence-corrected chi connectivity index (χ3v) is 3.59. The number of aryl methyl sites for hydroxylation is 3. The minimum Gasteiger partial charge on any atom is -0.370 e. The summed E-state index contributed by atoms with van der Waals surface area (Å²) in [5.74, 6) is 1.73. The fourth-order valence-corrected chi connectivity index (χ4v) is 2.49. The summed E-state index contributed by atoms with van der Waals surface area (Å²) in [5, 5.41) is 6.58. The van der Waals surface area contributed by atoms with Crippen LogP contribution in [-0.4, -0.2) is 21.5 Å². The van der Waals surface area contributed by atoms with E-state index in [0.29, 0.717) is 0 Å². The van der Waals surface area contributed by atoms with Crippen LogP contribution in [0, 0.1) is 13.8 Å². The first kappa shape index (κ1) is 13.0. The van der Waals surface area contributed by atoms with Gasteiger partial charge in [0.15, 0.2) is 0 Å². The monoisotopic (exact) mass is 262 g/mol. The molecule has 5 heteroatoms. The molecule has 0 spiro atoms. The summed E-state index contributed by atoms with van der Waals surface area (Å²) in [4.78, 5) is 13.2. The maximum Gasteiger partial charge on any atom is 0.129 e. The van der Waals surface area contributed by atoms with Gasteiger partial charge in [0.1, 0.15) is 11.6 Å². The predicted octanol–water partition coefficient (Wildman–Crippen LogP) is 2.77. The van der Waals surface area contributed by atoms with E-state index in [4.69, 9.17) is 0 Å². The Labute approximate surface area is 112 Å². The third kappa shape index (κ3) is 3.50. The maximum absolute atomic E-state index is 4.44. The molecular weight excluding hydrogens is 244 g/mol. The summed E-state index contributed by atoms with van der Waals surface area (Å²) < 4.78 is 0. The topological polar surface area (TPSA) is 50.7 Å². The Morgan fingerprint density at radius 1 is 1.22 bits per heavy atom. The van der Waals surface area contributed by atoms with E-state index >= 15 is 0 Å². The molecular formula is C13H18N4S. The minimum atomic E-state index is 0.821. The molecule has 4 nitrogen and oxygen atoms in total. The third-order valence-electron chi connectivity index (χ3n) is 2.56. The van der Waals surface area contributed by atoms with Gasteiger partial charge in [0, 0.05) is 35.8 Å². The van der Waals surface area contributed by atoms with Gasteiger partial charge in [-0.15, -0.1) is 11.3 Å². The van der Waals surface area contributed by atoms with Crippen LogP contribution in [-0.2, 0) is 12.8 Å². The van der Waals surface area contributed by atoms with Gasteiger partial charge < -0.3 is 5.32 Å². The van der Waals surface area contributed by atoms with E-state index in [1.807, 2.05) is 19.9 Å². The molecule has 0 saturated heterocycles. The van der Waals surface area contributed by atoms with Gasteiger partial charge in [-0.05, 0) is 20.3 Å². The Balaban J connectivity index is 1.91. The van der Waals surface area contributed by atoms with Gasteiger partial charge in [0.2, 0.25) is 0 Å². The number of nitrogens with one attached hydrogen (secondary N) is 1. The van der Waals surface area contributed by atoms with Gasteiger partial charge in [-0.25, -0.2) is 15.0 Å². The highest BCUT2D eigenvalue weighted by molar-refractivity contribution is 7.09. The summed E-state index contributed by atoms with van der Waals surface area (Å²) >= 11 is 1.71. The van der Waals surface area contributed by atoms with E-state index in [1.54, 1.807) is 11.3 Å². The van der Waals surface area contributed by atoms with Gasteiger partial charge in [-0.1, -0.05) is 6.92 Å². The van der Waals surface area contributed by atoms with Crippen molar-refractivity contribution in [2.75, 3.05) is 11.9 Å². The molecule has 0 saturated carbocycles. The van der Waals surface area contributed by atoms with E-state index in [-0.39, 0.29) is 0 Å². The van der Waals surface area contributed by atoms with Crippen LogP contribution in [0.3, 0.4) is 0 Å². The largest absolute Gasteiger partial charge is 0.370 e. The number of rotatable bonds is 5. The Hall–Kier alpha value is -1.49. The summed E-state index contributed by atoms with van der Waals surface area (Å²) in [6.45, 7) is 6.90. The second-order valence-corrected chi connectivity index (χ2v) is 5.15. The zero-order valence-electron chi connectivity index (χ0n) is 11.0. The van der Waals surface area contributed by atoms with Crippen LogP contribution < -0.4 is 5.32 Å². The quantitative estimate of drug-likeness (QED) is 0.900. The van der Waals surface area contributed by atoms with E-state index in [1.165, 1.54) is 5.01 Å². The van der Waals surface area contributed by atoms with Crippen molar-refractivity contribution in [2.45, 2.75) is 33.6 Å². The van der Waals surface area contributed by atoms with Crippen LogP contribution in [0.4, 0.5) is 5.82 Å². The zero-order chi connectivity index (χ0) is 13.0. The van der Waals surface area contributed by atoms with Crippen LogP contribution >= 0.6 is 11.3 Å². The van der Waals surface area contributed by atoms with Crippen LogP contribution in [0.1, 0.15) is 29.1 Å². The normalized spacial score (nSPS) is 10.6. The van der Waals surface area contributed by atoms with Crippen molar-refractivity contribution in [1.29, 1.82) is 0 Å². The van der Waals surface area contributed by atoms with Crippen LogP contribution in [0.2, 0.25) is 0 Å². The molecule has 96 valence electrons. The first-order chi connectivity index (χ1) is 8.67. The number of hydrogen-bond donors (Lipinski definition) is 1. The van der Waals surface area contributed by atoms with E-state index in [2.05, 4.69) is 32.6 Å². The average Bonchev–Trinajstić information content (AvgIpc) is 2.74. The van der Waals surface area contributed by atoms with Gasteiger partial charge in [0.25, 0.3) is 0 Å². The highest BCUT2D eigenvalue weighted by Crippen LogP contribution is 2.11. The van der Waals surface area contributed by atoms with Gasteiger partial charge in [0.05, 0.1) is 5.01 Å². The van der Waals surface area contributed by atoms with Crippen LogP contribution in [0.5, 0.6) is 0 Å². The van der Waals surface area contributed by atoms with Crippen molar-refractivity contribution in [3.63, 3.8) is 0 Å². The molecule has 0 amide bonds. The molecule has 0 aliphatic rings. The van der Waals surface area contributed by atoms with Gasteiger partial charge in [-0.3, -0.25) is 0 Å². The lowest BCUT2D eigenvalue weighted by Crippen LogP contribution is -2.08. The standard InChI is InChI=1S/C13H18N4S/c1-4-11-7-12(17-10(3)16-11)14-6-5-13-15-9(2)8-18-13/h7-8H,4-6H2,1-3H3,(H,14,16,17). The fourth-order valence-electron chi connectivity index (χ4n) is 1.72. The lowest BCUT2D eigenvalue weighted by Gasteiger charge is -2.06. The first-order valence-electron chi connectivity index (χ1n) is 6.17. The SMILES string of the molecule is CCc1cc(NCCc2nc(C)cs2)nc(C)n1. The lowest BCUT2D eigenvalue weighted by molar-refractivity contribution is 0.927. The van der Waals surface area contributed by atoms with Crippen molar-refractivity contribution in [2.24, 2.45) is 0 Å². The fraction of sp³-hybridized carbons (Fsp3) is 0.462. The second kappa shape index (κ2) is 5.91. The van der Waals surface area contributed by atoms with Crippen molar-refractivity contribution < 1.29 is 0 Å².